The first kappa shape index (κ1) is 39.2. The molecule has 0 bridgehead atoms. The predicted octanol–water partition coefficient (Wildman–Crippen LogP) is 17.6. The number of allylic oxidation sites excluding steroid dienone is 5. The Kier molecular flexibility index (Phi) is 9.32. The van der Waals surface area contributed by atoms with Gasteiger partial charge in [0.1, 0.15) is 11.2 Å². The molecular weight excluding hydrogens is 801 g/mol. The van der Waals surface area contributed by atoms with E-state index >= 15 is 0 Å². The average Bonchev–Trinajstić information content (AvgIpc) is 4.02. The highest BCUT2D eigenvalue weighted by Gasteiger charge is 2.18. The number of hydrogen-bond acceptors (Lipinski definition) is 1. The van der Waals surface area contributed by atoms with E-state index in [0.29, 0.717) is 0 Å². The third-order valence-corrected chi connectivity index (χ3v) is 13.6. The molecule has 3 aromatic heterocycles. The summed E-state index contributed by atoms with van der Waals surface area (Å²) in [6, 6.07) is 70.6. The smallest absolute Gasteiger partial charge is 0.143 e. The van der Waals surface area contributed by atoms with E-state index in [0.717, 1.165) is 50.0 Å². The summed E-state index contributed by atoms with van der Waals surface area (Å²) in [5, 5.41) is 7.21. The maximum absolute atomic E-state index is 6.40. The second-order valence-electron chi connectivity index (χ2n) is 17.3. The number of para-hydroxylation sites is 4. The highest BCUT2D eigenvalue weighted by atomic mass is 16.3. The maximum Gasteiger partial charge on any atom is 0.143 e. The lowest BCUT2D eigenvalue weighted by Gasteiger charge is -2.15. The van der Waals surface area contributed by atoms with Crippen molar-refractivity contribution in [3.8, 4) is 44.8 Å². The Morgan fingerprint density at radius 3 is 1.55 bits per heavy atom. The molecule has 0 aliphatic heterocycles. The first-order valence-electron chi connectivity index (χ1n) is 22.7. The molecule has 12 rings (SSSR count). The summed E-state index contributed by atoms with van der Waals surface area (Å²) in [7, 11) is 0. The van der Waals surface area contributed by atoms with Gasteiger partial charge in [0.2, 0.25) is 0 Å². The van der Waals surface area contributed by atoms with Gasteiger partial charge in [0, 0.05) is 49.3 Å². The molecule has 66 heavy (non-hydrogen) atoms. The van der Waals surface area contributed by atoms with Gasteiger partial charge in [-0.2, -0.15) is 0 Å². The Labute approximate surface area is 384 Å². The minimum atomic E-state index is 0.912. The van der Waals surface area contributed by atoms with Crippen molar-refractivity contribution in [2.45, 2.75) is 20.8 Å². The first-order chi connectivity index (χ1) is 32.5. The molecule has 3 nitrogen and oxygen atoms in total. The Morgan fingerprint density at radius 2 is 0.955 bits per heavy atom. The number of rotatable bonds is 8. The molecule has 0 spiro atoms. The van der Waals surface area contributed by atoms with Crippen LogP contribution in [-0.4, -0.2) is 9.13 Å². The Balaban J connectivity index is 0.910. The summed E-state index contributed by atoms with van der Waals surface area (Å²) in [6.07, 6.45) is 6.21. The van der Waals surface area contributed by atoms with Crippen LogP contribution in [0.4, 0.5) is 0 Å². The zero-order chi connectivity index (χ0) is 44.5. The summed E-state index contributed by atoms with van der Waals surface area (Å²) in [5.74, 6) is 0. The van der Waals surface area contributed by atoms with Crippen molar-refractivity contribution in [2.24, 2.45) is 0 Å². The molecule has 12 aromatic rings. The molecule has 0 aliphatic carbocycles. The van der Waals surface area contributed by atoms with Gasteiger partial charge in [-0.1, -0.05) is 152 Å². The van der Waals surface area contributed by atoms with E-state index in [1.807, 2.05) is 18.2 Å². The lowest BCUT2D eigenvalue weighted by molar-refractivity contribution is 0.670. The van der Waals surface area contributed by atoms with Crippen molar-refractivity contribution in [1.29, 1.82) is 0 Å². The van der Waals surface area contributed by atoms with Gasteiger partial charge in [-0.3, -0.25) is 0 Å². The van der Waals surface area contributed by atoms with Crippen LogP contribution in [0.15, 0.2) is 229 Å². The highest BCUT2D eigenvalue weighted by Crippen LogP contribution is 2.41. The highest BCUT2D eigenvalue weighted by molar-refractivity contribution is 6.13. The SMILES string of the molecule is C=C/C(=C(C)\C=C/C)c1cccc(-c2ccc(-n3c4ccccc4c4cc(-c5ccc6c(c5)c5ccccc5n6-c5ccc(-c6cccc7c6oc6ccccc67)cc5)ccc43)cc2)c1C. The summed E-state index contributed by atoms with van der Waals surface area (Å²) in [6.45, 7) is 10.6. The van der Waals surface area contributed by atoms with Gasteiger partial charge in [0.25, 0.3) is 0 Å². The predicted molar refractivity (Wildman–Crippen MR) is 281 cm³/mol. The van der Waals surface area contributed by atoms with Gasteiger partial charge in [-0.15, -0.1) is 0 Å². The molecule has 0 N–H and O–H groups in total. The molecule has 0 atom stereocenters. The lowest BCUT2D eigenvalue weighted by atomic mass is 9.90. The van der Waals surface area contributed by atoms with Gasteiger partial charge in [0.05, 0.1) is 22.1 Å². The number of aromatic nitrogens is 2. The van der Waals surface area contributed by atoms with Crippen molar-refractivity contribution in [3.05, 3.63) is 236 Å². The van der Waals surface area contributed by atoms with Crippen LogP contribution in [0.5, 0.6) is 0 Å². The van der Waals surface area contributed by atoms with E-state index in [9.17, 15) is 0 Å². The van der Waals surface area contributed by atoms with E-state index in [-0.39, 0.29) is 0 Å². The van der Waals surface area contributed by atoms with Crippen LogP contribution in [0.1, 0.15) is 25.0 Å². The van der Waals surface area contributed by atoms with E-state index in [1.54, 1.807) is 0 Å². The number of nitrogens with zero attached hydrogens (tertiary/aromatic N) is 2. The third-order valence-electron chi connectivity index (χ3n) is 13.6. The minimum Gasteiger partial charge on any atom is -0.455 e. The van der Waals surface area contributed by atoms with Crippen LogP contribution in [-0.2, 0) is 0 Å². The van der Waals surface area contributed by atoms with Gasteiger partial charge in [0.15, 0.2) is 0 Å². The molecule has 0 fully saturated rings. The molecular formula is C63H46N2O. The summed E-state index contributed by atoms with van der Waals surface area (Å²) in [5.41, 5.74) is 20.7. The van der Waals surface area contributed by atoms with Crippen LogP contribution in [0.3, 0.4) is 0 Å². The molecule has 0 radical (unpaired) electrons. The molecule has 0 amide bonds. The molecule has 0 saturated carbocycles. The molecule has 0 aliphatic rings. The topological polar surface area (TPSA) is 23.0 Å². The molecule has 314 valence electrons. The van der Waals surface area contributed by atoms with Crippen LogP contribution in [0.25, 0.3) is 116 Å². The zero-order valence-corrected chi connectivity index (χ0v) is 37.2. The van der Waals surface area contributed by atoms with Crippen molar-refractivity contribution in [1.82, 2.24) is 9.13 Å². The zero-order valence-electron chi connectivity index (χ0n) is 37.2. The normalized spacial score (nSPS) is 12.4. The van der Waals surface area contributed by atoms with E-state index in [4.69, 9.17) is 4.42 Å². The summed E-state index contributed by atoms with van der Waals surface area (Å²) in [4.78, 5) is 0. The van der Waals surface area contributed by atoms with Gasteiger partial charge in [-0.05, 0) is 138 Å². The second-order valence-corrected chi connectivity index (χ2v) is 17.3. The Morgan fingerprint density at radius 1 is 0.470 bits per heavy atom. The Bertz CT molecular complexity index is 3960. The maximum atomic E-state index is 6.40. The fourth-order valence-electron chi connectivity index (χ4n) is 10.5. The standard InChI is InChI=1S/C63H46N2O/c1-5-15-40(3)48(6-2)50-20-13-19-49(41(50)4)42-26-32-46(33-27-42)64-58-23-10-7-16-52(58)56-38-44(30-36-60(56)64)45-31-37-61-57(39-45)53-17-8-11-24-59(53)65(61)47-34-28-43(29-35-47)51-21-14-22-55-54-18-9-12-25-62(54)66-63(51)55/h5-39H,2H2,1,3-4H3/b15-5-,48-40+. The molecule has 3 heteroatoms. The van der Waals surface area contributed by atoms with Crippen LogP contribution in [0.2, 0.25) is 0 Å². The van der Waals surface area contributed by atoms with E-state index in [1.165, 1.54) is 82.6 Å². The molecule has 9 aromatic carbocycles. The van der Waals surface area contributed by atoms with Crippen LogP contribution in [0, 0.1) is 6.92 Å². The molecule has 0 unspecified atom stereocenters. The fourth-order valence-corrected chi connectivity index (χ4v) is 10.5. The van der Waals surface area contributed by atoms with Crippen LogP contribution >= 0.6 is 0 Å². The van der Waals surface area contributed by atoms with Crippen molar-refractivity contribution in [2.75, 3.05) is 0 Å². The summed E-state index contributed by atoms with van der Waals surface area (Å²) < 4.78 is 11.2. The van der Waals surface area contributed by atoms with E-state index in [2.05, 4.69) is 231 Å². The number of furan rings is 1. The minimum absolute atomic E-state index is 0.912. The number of benzene rings is 9. The third kappa shape index (κ3) is 6.19. The lowest BCUT2D eigenvalue weighted by Crippen LogP contribution is -1.95. The van der Waals surface area contributed by atoms with Gasteiger partial charge in [-0.25, -0.2) is 0 Å². The largest absolute Gasteiger partial charge is 0.455 e. The van der Waals surface area contributed by atoms with Crippen LogP contribution < -0.4 is 0 Å². The first-order valence-corrected chi connectivity index (χ1v) is 22.7. The number of hydrogen-bond donors (Lipinski definition) is 0. The van der Waals surface area contributed by atoms with Crippen molar-refractivity contribution in [3.63, 3.8) is 0 Å². The quantitative estimate of drug-likeness (QED) is 0.140. The van der Waals surface area contributed by atoms with Crippen molar-refractivity contribution >= 4 is 71.1 Å². The van der Waals surface area contributed by atoms with Crippen molar-refractivity contribution < 1.29 is 4.42 Å². The number of fused-ring (bicyclic) bond motifs is 9. The average molecular weight is 847 g/mol. The monoisotopic (exact) mass is 846 g/mol. The summed E-state index contributed by atoms with van der Waals surface area (Å²) >= 11 is 0. The van der Waals surface area contributed by atoms with Gasteiger partial charge >= 0.3 is 0 Å². The van der Waals surface area contributed by atoms with E-state index < -0.39 is 0 Å². The Hall–Kier alpha value is -8.40. The molecule has 3 heterocycles. The van der Waals surface area contributed by atoms with Gasteiger partial charge < -0.3 is 13.6 Å². The second kappa shape index (κ2) is 15.7. The fraction of sp³-hybridized carbons (Fsp3) is 0.0476. The molecule has 0 saturated heterocycles.